The number of pyridine rings is 1. The van der Waals surface area contributed by atoms with Gasteiger partial charge in [-0.1, -0.05) is 13.0 Å². The van der Waals surface area contributed by atoms with Crippen molar-refractivity contribution >= 4 is 17.5 Å². The number of methoxy groups -OCH3 is 2. The van der Waals surface area contributed by atoms with Crippen LogP contribution >= 0.6 is 0 Å². The van der Waals surface area contributed by atoms with Gasteiger partial charge in [0.2, 0.25) is 0 Å². The first-order chi connectivity index (χ1) is 12.5. The normalized spacial score (nSPS) is 11.4. The molecule has 0 fully saturated rings. The second kappa shape index (κ2) is 8.84. The molecule has 0 aliphatic carbocycles. The molecule has 7 nitrogen and oxygen atoms in total. The molecule has 0 saturated heterocycles. The highest BCUT2D eigenvalue weighted by atomic mass is 16.5. The lowest BCUT2D eigenvalue weighted by Crippen LogP contribution is -2.32. The van der Waals surface area contributed by atoms with Crippen LogP contribution in [0.5, 0.6) is 11.5 Å². The summed E-state index contributed by atoms with van der Waals surface area (Å²) >= 11 is 0. The van der Waals surface area contributed by atoms with E-state index in [2.05, 4.69) is 15.6 Å². The molecular weight excluding hydrogens is 334 g/mol. The zero-order valence-corrected chi connectivity index (χ0v) is 15.3. The fraction of sp³-hybridized carbons (Fsp3) is 0.316. The van der Waals surface area contributed by atoms with E-state index in [1.54, 1.807) is 43.5 Å². The zero-order valence-electron chi connectivity index (χ0n) is 15.3. The number of amides is 2. The predicted octanol–water partition coefficient (Wildman–Crippen LogP) is 2.88. The highest BCUT2D eigenvalue weighted by molar-refractivity contribution is 6.04. The van der Waals surface area contributed by atoms with Crippen LogP contribution in [-0.4, -0.2) is 37.1 Å². The number of hydrogen-bond donors (Lipinski definition) is 2. The molecule has 7 heteroatoms. The van der Waals surface area contributed by atoms with E-state index in [9.17, 15) is 9.59 Å². The summed E-state index contributed by atoms with van der Waals surface area (Å²) in [6.07, 6.45) is 0.809. The quantitative estimate of drug-likeness (QED) is 0.795. The third-order valence-electron chi connectivity index (χ3n) is 3.86. The summed E-state index contributed by atoms with van der Waals surface area (Å²) in [6, 6.07) is 9.83. The molecule has 0 spiro atoms. The Balaban J connectivity index is 2.18. The van der Waals surface area contributed by atoms with Gasteiger partial charge in [-0.15, -0.1) is 0 Å². The smallest absolute Gasteiger partial charge is 0.274 e. The van der Waals surface area contributed by atoms with Crippen LogP contribution in [0.3, 0.4) is 0 Å². The molecule has 0 aliphatic rings. The van der Waals surface area contributed by atoms with E-state index >= 15 is 0 Å². The zero-order chi connectivity index (χ0) is 19.1. The van der Waals surface area contributed by atoms with Crippen molar-refractivity contribution in [3.05, 3.63) is 47.8 Å². The Bertz CT molecular complexity index is 792. The molecule has 0 saturated carbocycles. The van der Waals surface area contributed by atoms with Gasteiger partial charge in [-0.2, -0.15) is 0 Å². The van der Waals surface area contributed by atoms with Gasteiger partial charge in [0.15, 0.2) is 0 Å². The van der Waals surface area contributed by atoms with Gasteiger partial charge in [0, 0.05) is 12.1 Å². The lowest BCUT2D eigenvalue weighted by molar-refractivity contribution is 0.0934. The fourth-order valence-corrected chi connectivity index (χ4v) is 2.18. The lowest BCUT2D eigenvalue weighted by Gasteiger charge is -2.13. The van der Waals surface area contributed by atoms with E-state index in [-0.39, 0.29) is 23.3 Å². The molecule has 2 N–H and O–H groups in total. The van der Waals surface area contributed by atoms with E-state index < -0.39 is 5.91 Å². The summed E-state index contributed by atoms with van der Waals surface area (Å²) in [7, 11) is 3.05. The predicted molar refractivity (Wildman–Crippen MR) is 99.0 cm³/mol. The Morgan fingerprint density at radius 1 is 1.08 bits per heavy atom. The summed E-state index contributed by atoms with van der Waals surface area (Å²) in [5, 5.41) is 5.56. The van der Waals surface area contributed by atoms with Gasteiger partial charge in [0.05, 0.1) is 19.9 Å². The Morgan fingerprint density at radius 3 is 2.38 bits per heavy atom. The van der Waals surface area contributed by atoms with Crippen LogP contribution < -0.4 is 20.1 Å². The number of carbonyl (C=O) groups excluding carboxylic acids is 2. The molecule has 138 valence electrons. The standard InChI is InChI=1S/C19H23N3O4/c1-5-12(2)20-18(23)15-7-6-8-16(21-15)19(24)22-14-10-9-13(25-3)11-17(14)26-4/h6-12H,5H2,1-4H3,(H,20,23)(H,22,24). The number of anilines is 1. The topological polar surface area (TPSA) is 89.6 Å². The van der Waals surface area contributed by atoms with E-state index in [4.69, 9.17) is 9.47 Å². The molecule has 1 atom stereocenters. The van der Waals surface area contributed by atoms with Crippen LogP contribution in [0.15, 0.2) is 36.4 Å². The first-order valence-electron chi connectivity index (χ1n) is 8.29. The van der Waals surface area contributed by atoms with E-state index in [0.717, 1.165) is 6.42 Å². The highest BCUT2D eigenvalue weighted by Crippen LogP contribution is 2.29. The molecule has 1 heterocycles. The Labute approximate surface area is 152 Å². The van der Waals surface area contributed by atoms with Gasteiger partial charge >= 0.3 is 0 Å². The molecule has 1 aromatic heterocycles. The molecule has 1 unspecified atom stereocenters. The molecule has 1 aromatic carbocycles. The van der Waals surface area contributed by atoms with Crippen molar-refractivity contribution in [2.24, 2.45) is 0 Å². The lowest BCUT2D eigenvalue weighted by atomic mass is 10.2. The van der Waals surface area contributed by atoms with Gasteiger partial charge in [-0.3, -0.25) is 9.59 Å². The Morgan fingerprint density at radius 2 is 1.77 bits per heavy atom. The van der Waals surface area contributed by atoms with Gasteiger partial charge in [-0.05, 0) is 37.6 Å². The fourth-order valence-electron chi connectivity index (χ4n) is 2.18. The third kappa shape index (κ3) is 4.72. The summed E-state index contributed by atoms with van der Waals surface area (Å²) in [5.74, 6) is 0.327. The van der Waals surface area contributed by atoms with Crippen molar-refractivity contribution < 1.29 is 19.1 Å². The number of aromatic nitrogens is 1. The van der Waals surface area contributed by atoms with Gasteiger partial charge in [0.1, 0.15) is 22.9 Å². The Hall–Kier alpha value is -3.09. The minimum atomic E-state index is -0.438. The minimum Gasteiger partial charge on any atom is -0.497 e. The first-order valence-corrected chi connectivity index (χ1v) is 8.29. The van der Waals surface area contributed by atoms with Crippen molar-refractivity contribution in [2.75, 3.05) is 19.5 Å². The van der Waals surface area contributed by atoms with Crippen LogP contribution in [0, 0.1) is 0 Å². The van der Waals surface area contributed by atoms with E-state index in [1.807, 2.05) is 13.8 Å². The number of hydrogen-bond acceptors (Lipinski definition) is 5. The summed E-state index contributed by atoms with van der Waals surface area (Å²) in [5.41, 5.74) is 0.814. The first kappa shape index (κ1) is 19.2. The van der Waals surface area contributed by atoms with Crippen LogP contribution in [0.4, 0.5) is 5.69 Å². The summed E-state index contributed by atoms with van der Waals surface area (Å²) in [6.45, 7) is 3.88. The molecule has 2 rings (SSSR count). The molecule has 2 aromatic rings. The van der Waals surface area contributed by atoms with Gasteiger partial charge in [0.25, 0.3) is 11.8 Å². The summed E-state index contributed by atoms with van der Waals surface area (Å²) in [4.78, 5) is 28.8. The number of rotatable bonds is 7. The molecule has 0 aliphatic heterocycles. The minimum absolute atomic E-state index is 0.0327. The van der Waals surface area contributed by atoms with Crippen LogP contribution in [0.2, 0.25) is 0 Å². The van der Waals surface area contributed by atoms with Crippen molar-refractivity contribution in [2.45, 2.75) is 26.3 Å². The number of benzene rings is 1. The van der Waals surface area contributed by atoms with Crippen molar-refractivity contribution in [3.8, 4) is 11.5 Å². The average Bonchev–Trinajstić information content (AvgIpc) is 2.68. The number of nitrogens with zero attached hydrogens (tertiary/aromatic N) is 1. The molecule has 0 bridgehead atoms. The maximum absolute atomic E-state index is 12.5. The van der Waals surface area contributed by atoms with Crippen LogP contribution in [0.1, 0.15) is 41.2 Å². The molecule has 26 heavy (non-hydrogen) atoms. The second-order valence-electron chi connectivity index (χ2n) is 5.71. The number of carbonyl (C=O) groups is 2. The highest BCUT2D eigenvalue weighted by Gasteiger charge is 2.15. The van der Waals surface area contributed by atoms with Crippen molar-refractivity contribution in [1.82, 2.24) is 10.3 Å². The van der Waals surface area contributed by atoms with Crippen LogP contribution in [-0.2, 0) is 0 Å². The largest absolute Gasteiger partial charge is 0.497 e. The third-order valence-corrected chi connectivity index (χ3v) is 3.86. The van der Waals surface area contributed by atoms with Crippen molar-refractivity contribution in [3.63, 3.8) is 0 Å². The van der Waals surface area contributed by atoms with E-state index in [1.165, 1.54) is 7.11 Å². The van der Waals surface area contributed by atoms with Crippen LogP contribution in [0.25, 0.3) is 0 Å². The molecule has 2 amide bonds. The monoisotopic (exact) mass is 357 g/mol. The van der Waals surface area contributed by atoms with E-state index in [0.29, 0.717) is 17.2 Å². The molecule has 0 radical (unpaired) electrons. The number of nitrogens with one attached hydrogen (secondary N) is 2. The summed E-state index contributed by atoms with van der Waals surface area (Å²) < 4.78 is 10.4. The van der Waals surface area contributed by atoms with Gasteiger partial charge < -0.3 is 20.1 Å². The van der Waals surface area contributed by atoms with Crippen molar-refractivity contribution in [1.29, 1.82) is 0 Å². The van der Waals surface area contributed by atoms with Gasteiger partial charge in [-0.25, -0.2) is 4.98 Å². The second-order valence-corrected chi connectivity index (χ2v) is 5.71. The molecular formula is C19H23N3O4. The maximum Gasteiger partial charge on any atom is 0.274 e. The number of ether oxygens (including phenoxy) is 2. The SMILES string of the molecule is CCC(C)NC(=O)c1cccc(C(=O)Nc2ccc(OC)cc2OC)n1. The Kier molecular flexibility index (Phi) is 6.54. The maximum atomic E-state index is 12.5. The average molecular weight is 357 g/mol.